The molecule has 0 aliphatic heterocycles. The summed E-state index contributed by atoms with van der Waals surface area (Å²) in [6, 6.07) is 0.0678. The van der Waals surface area contributed by atoms with Gasteiger partial charge >= 0.3 is 0 Å². The number of halogens is 1. The van der Waals surface area contributed by atoms with Crippen LogP contribution in [0.3, 0.4) is 0 Å². The van der Waals surface area contributed by atoms with Gasteiger partial charge in [-0.3, -0.25) is 0 Å². The number of alkyl halides is 1. The second kappa shape index (κ2) is 5.83. The standard InChI is InChI=1S/C8H18ClNO2S/c1-4-5-8(2)10(3)13(11,12)7-6-9/h8H,4-7H2,1-3H3. The van der Waals surface area contributed by atoms with E-state index in [4.69, 9.17) is 11.6 Å². The topological polar surface area (TPSA) is 37.4 Å². The largest absolute Gasteiger partial charge is 0.215 e. The molecule has 0 aliphatic carbocycles. The van der Waals surface area contributed by atoms with Crippen LogP contribution in [-0.2, 0) is 10.0 Å². The Morgan fingerprint density at radius 2 is 2.00 bits per heavy atom. The first-order chi connectivity index (χ1) is 5.95. The lowest BCUT2D eigenvalue weighted by Crippen LogP contribution is -2.36. The van der Waals surface area contributed by atoms with Gasteiger partial charge in [0.2, 0.25) is 10.0 Å². The molecule has 0 N–H and O–H groups in total. The van der Waals surface area contributed by atoms with Gasteiger partial charge in [0.15, 0.2) is 0 Å². The summed E-state index contributed by atoms with van der Waals surface area (Å²) >= 11 is 5.41. The molecule has 0 fully saturated rings. The molecule has 0 saturated heterocycles. The molecular weight excluding hydrogens is 210 g/mol. The lowest BCUT2D eigenvalue weighted by molar-refractivity contribution is 0.369. The van der Waals surface area contributed by atoms with E-state index in [1.54, 1.807) is 7.05 Å². The minimum atomic E-state index is -3.13. The van der Waals surface area contributed by atoms with Crippen LogP contribution < -0.4 is 0 Å². The highest BCUT2D eigenvalue weighted by Gasteiger charge is 2.21. The summed E-state index contributed by atoms with van der Waals surface area (Å²) in [5.41, 5.74) is 0. The molecule has 0 aromatic carbocycles. The van der Waals surface area contributed by atoms with E-state index in [9.17, 15) is 8.42 Å². The molecule has 0 saturated carbocycles. The van der Waals surface area contributed by atoms with Gasteiger partial charge in [0.25, 0.3) is 0 Å². The Morgan fingerprint density at radius 1 is 1.46 bits per heavy atom. The molecule has 3 nitrogen and oxygen atoms in total. The zero-order valence-corrected chi connectivity index (χ0v) is 10.0. The molecule has 0 rings (SSSR count). The fourth-order valence-corrected chi connectivity index (χ4v) is 2.84. The maximum absolute atomic E-state index is 11.5. The second-order valence-electron chi connectivity index (χ2n) is 3.16. The van der Waals surface area contributed by atoms with E-state index in [2.05, 4.69) is 0 Å². The van der Waals surface area contributed by atoms with Gasteiger partial charge in [0, 0.05) is 19.0 Å². The van der Waals surface area contributed by atoms with Crippen molar-refractivity contribution in [3.05, 3.63) is 0 Å². The maximum Gasteiger partial charge on any atom is 0.215 e. The molecule has 0 aromatic heterocycles. The molecule has 80 valence electrons. The van der Waals surface area contributed by atoms with E-state index in [-0.39, 0.29) is 17.7 Å². The van der Waals surface area contributed by atoms with Crippen LogP contribution >= 0.6 is 11.6 Å². The molecule has 0 heterocycles. The summed E-state index contributed by atoms with van der Waals surface area (Å²) in [4.78, 5) is 0. The molecule has 5 heteroatoms. The average molecular weight is 228 g/mol. The highest BCUT2D eigenvalue weighted by molar-refractivity contribution is 7.89. The third kappa shape index (κ3) is 4.29. The Labute approximate surface area is 86.1 Å². The summed E-state index contributed by atoms with van der Waals surface area (Å²) in [5, 5.41) is 0. The first kappa shape index (κ1) is 13.2. The summed E-state index contributed by atoms with van der Waals surface area (Å²) in [5.74, 6) is 0.185. The van der Waals surface area contributed by atoms with Crippen molar-refractivity contribution < 1.29 is 8.42 Å². The van der Waals surface area contributed by atoms with Crippen LogP contribution in [0.5, 0.6) is 0 Å². The van der Waals surface area contributed by atoms with Gasteiger partial charge in [-0.15, -0.1) is 11.6 Å². The summed E-state index contributed by atoms with van der Waals surface area (Å²) in [6.07, 6.45) is 1.87. The van der Waals surface area contributed by atoms with Gasteiger partial charge in [-0.25, -0.2) is 12.7 Å². The van der Waals surface area contributed by atoms with Crippen molar-refractivity contribution in [1.82, 2.24) is 4.31 Å². The second-order valence-corrected chi connectivity index (χ2v) is 5.68. The number of nitrogens with zero attached hydrogens (tertiary/aromatic N) is 1. The van der Waals surface area contributed by atoms with Crippen molar-refractivity contribution in [2.45, 2.75) is 32.7 Å². The predicted molar refractivity (Wildman–Crippen MR) is 56.6 cm³/mol. The van der Waals surface area contributed by atoms with E-state index < -0.39 is 10.0 Å². The first-order valence-electron chi connectivity index (χ1n) is 4.47. The third-order valence-electron chi connectivity index (χ3n) is 2.10. The van der Waals surface area contributed by atoms with Gasteiger partial charge < -0.3 is 0 Å². The minimum Gasteiger partial charge on any atom is -0.212 e. The van der Waals surface area contributed by atoms with E-state index in [0.717, 1.165) is 12.8 Å². The van der Waals surface area contributed by atoms with Crippen molar-refractivity contribution in [3.63, 3.8) is 0 Å². The number of rotatable bonds is 6. The normalized spacial score (nSPS) is 14.8. The van der Waals surface area contributed by atoms with Crippen molar-refractivity contribution >= 4 is 21.6 Å². The molecule has 0 bridgehead atoms. The monoisotopic (exact) mass is 227 g/mol. The number of sulfonamides is 1. The molecular formula is C8H18ClNO2S. The third-order valence-corrected chi connectivity index (χ3v) is 4.47. The highest BCUT2D eigenvalue weighted by atomic mass is 35.5. The number of hydrogen-bond donors (Lipinski definition) is 0. The fraction of sp³-hybridized carbons (Fsp3) is 1.00. The average Bonchev–Trinajstić information content (AvgIpc) is 2.03. The van der Waals surface area contributed by atoms with Crippen LogP contribution in [0, 0.1) is 0 Å². The lowest BCUT2D eigenvalue weighted by Gasteiger charge is -2.23. The fourth-order valence-electron chi connectivity index (χ4n) is 1.12. The summed E-state index contributed by atoms with van der Waals surface area (Å²) < 4.78 is 24.4. The van der Waals surface area contributed by atoms with Crippen LogP contribution in [0.2, 0.25) is 0 Å². The van der Waals surface area contributed by atoms with Crippen LogP contribution in [0.15, 0.2) is 0 Å². The smallest absolute Gasteiger partial charge is 0.212 e. The van der Waals surface area contributed by atoms with Crippen molar-refractivity contribution in [1.29, 1.82) is 0 Å². The van der Waals surface area contributed by atoms with Crippen LogP contribution in [0.25, 0.3) is 0 Å². The van der Waals surface area contributed by atoms with Gasteiger partial charge in [0.1, 0.15) is 0 Å². The van der Waals surface area contributed by atoms with Crippen LogP contribution in [-0.4, -0.2) is 37.4 Å². The lowest BCUT2D eigenvalue weighted by atomic mass is 10.2. The molecule has 13 heavy (non-hydrogen) atoms. The van der Waals surface area contributed by atoms with E-state index in [0.29, 0.717) is 0 Å². The number of hydrogen-bond acceptors (Lipinski definition) is 2. The summed E-state index contributed by atoms with van der Waals surface area (Å²) in [6.45, 7) is 3.95. The molecule has 0 spiro atoms. The van der Waals surface area contributed by atoms with Crippen molar-refractivity contribution in [2.75, 3.05) is 18.7 Å². The quantitative estimate of drug-likeness (QED) is 0.648. The van der Waals surface area contributed by atoms with Crippen LogP contribution in [0.4, 0.5) is 0 Å². The van der Waals surface area contributed by atoms with E-state index in [1.807, 2.05) is 13.8 Å². The first-order valence-corrected chi connectivity index (χ1v) is 6.61. The highest BCUT2D eigenvalue weighted by Crippen LogP contribution is 2.09. The van der Waals surface area contributed by atoms with Gasteiger partial charge in [-0.2, -0.15) is 0 Å². The Hall–Kier alpha value is 0.200. The van der Waals surface area contributed by atoms with Crippen molar-refractivity contribution in [2.24, 2.45) is 0 Å². The Balaban J connectivity index is 4.31. The van der Waals surface area contributed by atoms with Gasteiger partial charge in [-0.1, -0.05) is 13.3 Å². The van der Waals surface area contributed by atoms with E-state index in [1.165, 1.54) is 4.31 Å². The van der Waals surface area contributed by atoms with Crippen molar-refractivity contribution in [3.8, 4) is 0 Å². The Bertz CT molecular complexity index is 228. The Morgan fingerprint density at radius 3 is 2.38 bits per heavy atom. The maximum atomic E-state index is 11.5. The SMILES string of the molecule is CCCC(C)N(C)S(=O)(=O)CCCl. The summed E-state index contributed by atoms with van der Waals surface area (Å²) in [7, 11) is -1.52. The molecule has 0 amide bonds. The minimum absolute atomic E-state index is 0.0269. The Kier molecular flexibility index (Phi) is 5.92. The molecule has 1 atom stereocenters. The zero-order valence-electron chi connectivity index (χ0n) is 8.46. The molecule has 0 aliphatic rings. The predicted octanol–water partition coefficient (Wildman–Crippen LogP) is 1.68. The van der Waals surface area contributed by atoms with E-state index >= 15 is 0 Å². The zero-order chi connectivity index (χ0) is 10.5. The molecule has 0 aromatic rings. The molecule has 1 unspecified atom stereocenters. The van der Waals surface area contributed by atoms with Gasteiger partial charge in [0.05, 0.1) is 5.75 Å². The van der Waals surface area contributed by atoms with Crippen LogP contribution in [0.1, 0.15) is 26.7 Å². The molecule has 0 radical (unpaired) electrons. The van der Waals surface area contributed by atoms with Gasteiger partial charge in [-0.05, 0) is 13.3 Å².